The van der Waals surface area contributed by atoms with E-state index in [4.69, 9.17) is 0 Å². The van der Waals surface area contributed by atoms with Crippen LogP contribution in [0.5, 0.6) is 0 Å². The lowest BCUT2D eigenvalue weighted by atomic mass is 9.98. The van der Waals surface area contributed by atoms with Gasteiger partial charge in [0.1, 0.15) is 0 Å². The standard InChI is InChI=1S/C12H16BrN/c1-8-3-6-10(13)7-11(8)12(14-2)9-4-5-9/h3,6-7,9,12,14H,4-5H2,1-2H3. The van der Waals surface area contributed by atoms with Gasteiger partial charge in [0.05, 0.1) is 0 Å². The molecule has 0 heterocycles. The van der Waals surface area contributed by atoms with E-state index in [-0.39, 0.29) is 0 Å². The van der Waals surface area contributed by atoms with Gasteiger partial charge in [-0.2, -0.15) is 0 Å². The van der Waals surface area contributed by atoms with E-state index in [1.54, 1.807) is 0 Å². The van der Waals surface area contributed by atoms with Crippen LogP contribution >= 0.6 is 15.9 Å². The van der Waals surface area contributed by atoms with Crippen molar-refractivity contribution in [2.75, 3.05) is 7.05 Å². The predicted octanol–water partition coefficient (Wildman–Crippen LogP) is 3.43. The average molecular weight is 254 g/mol. The van der Waals surface area contributed by atoms with Gasteiger partial charge in [-0.15, -0.1) is 0 Å². The molecule has 1 N–H and O–H groups in total. The Hall–Kier alpha value is -0.340. The van der Waals surface area contributed by atoms with Gasteiger partial charge < -0.3 is 5.32 Å². The molecule has 1 aromatic carbocycles. The average Bonchev–Trinajstić information content (AvgIpc) is 2.96. The van der Waals surface area contributed by atoms with Crippen molar-refractivity contribution < 1.29 is 0 Å². The van der Waals surface area contributed by atoms with E-state index in [1.807, 2.05) is 0 Å². The van der Waals surface area contributed by atoms with Gasteiger partial charge in [0.25, 0.3) is 0 Å². The minimum atomic E-state index is 0.549. The summed E-state index contributed by atoms with van der Waals surface area (Å²) in [5, 5.41) is 3.43. The van der Waals surface area contributed by atoms with Crippen LogP contribution in [0.1, 0.15) is 30.0 Å². The summed E-state index contributed by atoms with van der Waals surface area (Å²) >= 11 is 3.54. The normalized spacial score (nSPS) is 18.2. The van der Waals surface area contributed by atoms with Gasteiger partial charge in [0, 0.05) is 10.5 Å². The molecule has 0 radical (unpaired) electrons. The van der Waals surface area contributed by atoms with Gasteiger partial charge in [-0.1, -0.05) is 22.0 Å². The molecule has 1 unspecified atom stereocenters. The SMILES string of the molecule is CNC(c1cc(Br)ccc1C)C1CC1. The van der Waals surface area contributed by atoms with E-state index in [1.165, 1.54) is 28.4 Å². The van der Waals surface area contributed by atoms with Gasteiger partial charge in [0.2, 0.25) is 0 Å². The molecule has 2 rings (SSSR count). The second kappa shape index (κ2) is 4.03. The van der Waals surface area contributed by atoms with Crippen LogP contribution in [0, 0.1) is 12.8 Å². The molecule has 1 aliphatic carbocycles. The Balaban J connectivity index is 2.32. The third kappa shape index (κ3) is 2.01. The van der Waals surface area contributed by atoms with Crippen LogP contribution in [0.15, 0.2) is 22.7 Å². The first kappa shape index (κ1) is 10.2. The molecule has 14 heavy (non-hydrogen) atoms. The zero-order chi connectivity index (χ0) is 10.1. The third-order valence-electron chi connectivity index (χ3n) is 2.98. The molecule has 0 saturated heterocycles. The Morgan fingerprint density at radius 2 is 2.14 bits per heavy atom. The van der Waals surface area contributed by atoms with E-state index in [0.29, 0.717) is 6.04 Å². The molecule has 0 aliphatic heterocycles. The summed E-state index contributed by atoms with van der Waals surface area (Å²) in [5.74, 6) is 0.855. The molecule has 1 atom stereocenters. The van der Waals surface area contributed by atoms with Crippen LogP contribution in [0.4, 0.5) is 0 Å². The maximum atomic E-state index is 3.54. The lowest BCUT2D eigenvalue weighted by Gasteiger charge is -2.18. The lowest BCUT2D eigenvalue weighted by molar-refractivity contribution is 0.526. The quantitative estimate of drug-likeness (QED) is 0.871. The van der Waals surface area contributed by atoms with Crippen LogP contribution < -0.4 is 5.32 Å². The third-order valence-corrected chi connectivity index (χ3v) is 3.47. The molecule has 1 saturated carbocycles. The summed E-state index contributed by atoms with van der Waals surface area (Å²) in [7, 11) is 2.06. The largest absolute Gasteiger partial charge is 0.313 e. The van der Waals surface area contributed by atoms with E-state index >= 15 is 0 Å². The van der Waals surface area contributed by atoms with Crippen LogP contribution in [0.25, 0.3) is 0 Å². The number of nitrogens with one attached hydrogen (secondary N) is 1. The highest BCUT2D eigenvalue weighted by molar-refractivity contribution is 9.10. The Kier molecular flexibility index (Phi) is 2.93. The van der Waals surface area contributed by atoms with E-state index in [9.17, 15) is 0 Å². The summed E-state index contributed by atoms with van der Waals surface area (Å²) in [6, 6.07) is 7.09. The van der Waals surface area contributed by atoms with Crippen molar-refractivity contribution in [1.82, 2.24) is 5.32 Å². The van der Waals surface area contributed by atoms with Gasteiger partial charge in [0.15, 0.2) is 0 Å². The molecule has 1 aromatic rings. The van der Waals surface area contributed by atoms with Crippen LogP contribution in [0.2, 0.25) is 0 Å². The molecule has 1 aliphatic rings. The molecule has 76 valence electrons. The number of aryl methyl sites for hydroxylation is 1. The fourth-order valence-corrected chi connectivity index (χ4v) is 2.40. The zero-order valence-corrected chi connectivity index (χ0v) is 10.3. The Bertz CT molecular complexity index is 331. The molecule has 1 fully saturated rings. The molecule has 0 spiro atoms. The van der Waals surface area contributed by atoms with Crippen molar-refractivity contribution in [2.24, 2.45) is 5.92 Å². The Labute approximate surface area is 94.0 Å². The first-order valence-electron chi connectivity index (χ1n) is 5.15. The van der Waals surface area contributed by atoms with Crippen molar-refractivity contribution in [2.45, 2.75) is 25.8 Å². The van der Waals surface area contributed by atoms with Crippen molar-refractivity contribution in [3.05, 3.63) is 33.8 Å². The number of hydrogen-bond acceptors (Lipinski definition) is 1. The number of rotatable bonds is 3. The smallest absolute Gasteiger partial charge is 0.0349 e. The summed E-state index contributed by atoms with van der Waals surface area (Å²) in [6.45, 7) is 2.19. The fourth-order valence-electron chi connectivity index (χ4n) is 2.02. The topological polar surface area (TPSA) is 12.0 Å². The summed E-state index contributed by atoms with van der Waals surface area (Å²) in [6.07, 6.45) is 2.74. The van der Waals surface area contributed by atoms with Crippen molar-refractivity contribution >= 4 is 15.9 Å². The maximum absolute atomic E-state index is 3.54. The number of benzene rings is 1. The minimum Gasteiger partial charge on any atom is -0.313 e. The predicted molar refractivity (Wildman–Crippen MR) is 63.4 cm³/mol. The summed E-state index contributed by atoms with van der Waals surface area (Å²) < 4.78 is 1.18. The lowest BCUT2D eigenvalue weighted by Crippen LogP contribution is -2.19. The number of halogens is 1. The van der Waals surface area contributed by atoms with Crippen molar-refractivity contribution in [3.8, 4) is 0 Å². The Morgan fingerprint density at radius 3 is 2.71 bits per heavy atom. The van der Waals surface area contributed by atoms with E-state index in [2.05, 4.69) is 53.4 Å². The Morgan fingerprint density at radius 1 is 1.43 bits per heavy atom. The van der Waals surface area contributed by atoms with Crippen molar-refractivity contribution in [3.63, 3.8) is 0 Å². The minimum absolute atomic E-state index is 0.549. The van der Waals surface area contributed by atoms with Gasteiger partial charge >= 0.3 is 0 Å². The van der Waals surface area contributed by atoms with Gasteiger partial charge in [-0.05, 0) is 56.0 Å². The summed E-state index contributed by atoms with van der Waals surface area (Å²) in [4.78, 5) is 0. The van der Waals surface area contributed by atoms with Crippen molar-refractivity contribution in [1.29, 1.82) is 0 Å². The monoisotopic (exact) mass is 253 g/mol. The van der Waals surface area contributed by atoms with E-state index < -0.39 is 0 Å². The highest BCUT2D eigenvalue weighted by Gasteiger charge is 2.31. The second-order valence-electron chi connectivity index (χ2n) is 4.10. The molecule has 0 amide bonds. The second-order valence-corrected chi connectivity index (χ2v) is 5.02. The van der Waals surface area contributed by atoms with Crippen LogP contribution in [0.3, 0.4) is 0 Å². The number of hydrogen-bond donors (Lipinski definition) is 1. The molecule has 2 heteroatoms. The fraction of sp³-hybridized carbons (Fsp3) is 0.500. The van der Waals surface area contributed by atoms with Gasteiger partial charge in [-0.25, -0.2) is 0 Å². The highest BCUT2D eigenvalue weighted by Crippen LogP contribution is 2.42. The maximum Gasteiger partial charge on any atom is 0.0349 e. The van der Waals surface area contributed by atoms with Gasteiger partial charge in [-0.3, -0.25) is 0 Å². The van der Waals surface area contributed by atoms with E-state index in [0.717, 1.165) is 5.92 Å². The molecule has 0 bridgehead atoms. The molecular formula is C12H16BrN. The van der Waals surface area contributed by atoms with Crippen LogP contribution in [-0.2, 0) is 0 Å². The van der Waals surface area contributed by atoms with Crippen LogP contribution in [-0.4, -0.2) is 7.05 Å². The zero-order valence-electron chi connectivity index (χ0n) is 8.68. The first-order valence-corrected chi connectivity index (χ1v) is 5.95. The highest BCUT2D eigenvalue weighted by atomic mass is 79.9. The molecule has 0 aromatic heterocycles. The first-order chi connectivity index (χ1) is 6.72. The summed E-state index contributed by atoms with van der Waals surface area (Å²) in [5.41, 5.74) is 2.84. The molecular weight excluding hydrogens is 238 g/mol. The molecule has 1 nitrogen and oxygen atoms in total.